The predicted molar refractivity (Wildman–Crippen MR) is 71.7 cm³/mol. The van der Waals surface area contributed by atoms with Crippen molar-refractivity contribution in [1.29, 1.82) is 0 Å². The van der Waals surface area contributed by atoms with E-state index in [-0.39, 0.29) is 0 Å². The van der Waals surface area contributed by atoms with Crippen molar-refractivity contribution in [2.45, 2.75) is 65.0 Å². The Balaban J connectivity index is 2.45. The van der Waals surface area contributed by atoms with Crippen molar-refractivity contribution < 1.29 is 0 Å². The smallest absolute Gasteiger partial charge is 0.00961 e. The van der Waals surface area contributed by atoms with Crippen LogP contribution in [0.25, 0.3) is 0 Å². The lowest BCUT2D eigenvalue weighted by Gasteiger charge is -2.31. The van der Waals surface area contributed by atoms with Crippen LogP contribution >= 0.6 is 15.9 Å². The molecule has 0 aromatic heterocycles. The second kappa shape index (κ2) is 6.90. The Morgan fingerprint density at radius 2 is 2.07 bits per heavy atom. The highest BCUT2D eigenvalue weighted by molar-refractivity contribution is 9.09. The van der Waals surface area contributed by atoms with E-state index in [1.165, 1.54) is 44.0 Å². The monoisotopic (exact) mass is 275 g/mol. The highest BCUT2D eigenvalue weighted by atomic mass is 79.9. The highest BCUT2D eigenvalue weighted by Crippen LogP contribution is 2.28. The second-order valence-electron chi connectivity index (χ2n) is 4.99. The van der Waals surface area contributed by atoms with Crippen LogP contribution in [0.15, 0.2) is 0 Å². The standard InChI is InChI=1S/C13H26BrN/c1-4-6-12(9-14)10-15-11(3)7-8-13(15)5-2/h11-13H,4-10H2,1-3H3. The summed E-state index contributed by atoms with van der Waals surface area (Å²) in [6.45, 7) is 8.32. The van der Waals surface area contributed by atoms with Gasteiger partial charge in [-0.15, -0.1) is 0 Å². The van der Waals surface area contributed by atoms with Gasteiger partial charge < -0.3 is 0 Å². The molecular weight excluding hydrogens is 250 g/mol. The van der Waals surface area contributed by atoms with Crippen LogP contribution in [0.2, 0.25) is 0 Å². The first kappa shape index (κ1) is 13.5. The Hall–Kier alpha value is 0.440. The number of alkyl halides is 1. The van der Waals surface area contributed by atoms with E-state index in [1.54, 1.807) is 0 Å². The molecule has 90 valence electrons. The van der Waals surface area contributed by atoms with Crippen molar-refractivity contribution in [3.05, 3.63) is 0 Å². The molecule has 1 nitrogen and oxygen atoms in total. The van der Waals surface area contributed by atoms with Gasteiger partial charge >= 0.3 is 0 Å². The fraction of sp³-hybridized carbons (Fsp3) is 1.00. The van der Waals surface area contributed by atoms with Crippen LogP contribution in [0.3, 0.4) is 0 Å². The quantitative estimate of drug-likeness (QED) is 0.661. The van der Waals surface area contributed by atoms with Gasteiger partial charge in [-0.05, 0) is 38.5 Å². The number of halogens is 1. The first-order valence-electron chi connectivity index (χ1n) is 6.54. The fourth-order valence-corrected chi connectivity index (χ4v) is 3.34. The average Bonchev–Trinajstić information content (AvgIpc) is 2.59. The van der Waals surface area contributed by atoms with E-state index in [0.717, 1.165) is 18.0 Å². The molecule has 2 heteroatoms. The Labute approximate surface area is 104 Å². The first-order chi connectivity index (χ1) is 7.22. The number of nitrogens with zero attached hydrogens (tertiary/aromatic N) is 1. The molecule has 0 bridgehead atoms. The molecule has 15 heavy (non-hydrogen) atoms. The average molecular weight is 276 g/mol. The lowest BCUT2D eigenvalue weighted by Crippen LogP contribution is -2.38. The molecule has 0 saturated carbocycles. The maximum Gasteiger partial charge on any atom is 0.00961 e. The van der Waals surface area contributed by atoms with Crippen LogP contribution in [0.5, 0.6) is 0 Å². The fourth-order valence-electron chi connectivity index (χ4n) is 2.82. The van der Waals surface area contributed by atoms with Gasteiger partial charge in [0.05, 0.1) is 0 Å². The van der Waals surface area contributed by atoms with Gasteiger partial charge in [0.25, 0.3) is 0 Å². The summed E-state index contributed by atoms with van der Waals surface area (Å²) in [5.74, 6) is 0.851. The second-order valence-corrected chi connectivity index (χ2v) is 5.64. The van der Waals surface area contributed by atoms with Crippen LogP contribution in [0, 0.1) is 5.92 Å². The summed E-state index contributed by atoms with van der Waals surface area (Å²) in [5.41, 5.74) is 0. The Kier molecular flexibility index (Phi) is 6.21. The van der Waals surface area contributed by atoms with Gasteiger partial charge in [-0.25, -0.2) is 0 Å². The molecule has 0 N–H and O–H groups in total. The van der Waals surface area contributed by atoms with Gasteiger partial charge in [0.15, 0.2) is 0 Å². The van der Waals surface area contributed by atoms with Crippen LogP contribution in [0.4, 0.5) is 0 Å². The number of likely N-dealkylation sites (tertiary alicyclic amines) is 1. The molecule has 1 heterocycles. The molecule has 1 fully saturated rings. The van der Waals surface area contributed by atoms with Gasteiger partial charge in [-0.3, -0.25) is 4.90 Å². The van der Waals surface area contributed by atoms with E-state index >= 15 is 0 Å². The van der Waals surface area contributed by atoms with Crippen molar-refractivity contribution >= 4 is 15.9 Å². The summed E-state index contributed by atoms with van der Waals surface area (Å²) in [5, 5.41) is 1.17. The Bertz CT molecular complexity index is 172. The first-order valence-corrected chi connectivity index (χ1v) is 7.66. The normalized spacial score (nSPS) is 29.6. The zero-order valence-corrected chi connectivity index (χ0v) is 12.1. The minimum atomic E-state index is 0.813. The van der Waals surface area contributed by atoms with Gasteiger partial charge in [-0.1, -0.05) is 36.2 Å². The SMILES string of the molecule is CCCC(CBr)CN1C(C)CCC1CC. The topological polar surface area (TPSA) is 3.24 Å². The zero-order valence-electron chi connectivity index (χ0n) is 10.5. The maximum atomic E-state index is 3.66. The van der Waals surface area contributed by atoms with Crippen molar-refractivity contribution in [3.63, 3.8) is 0 Å². The zero-order chi connectivity index (χ0) is 11.3. The van der Waals surface area contributed by atoms with E-state index in [9.17, 15) is 0 Å². The summed E-state index contributed by atoms with van der Waals surface area (Å²) < 4.78 is 0. The largest absolute Gasteiger partial charge is 0.297 e. The summed E-state index contributed by atoms with van der Waals surface area (Å²) in [6, 6.07) is 1.67. The number of hydrogen-bond donors (Lipinski definition) is 0. The lowest BCUT2D eigenvalue weighted by molar-refractivity contribution is 0.170. The molecule has 1 aliphatic rings. The molecule has 0 aliphatic carbocycles. The van der Waals surface area contributed by atoms with Crippen molar-refractivity contribution in [2.24, 2.45) is 5.92 Å². The van der Waals surface area contributed by atoms with E-state index < -0.39 is 0 Å². The van der Waals surface area contributed by atoms with Crippen LogP contribution in [-0.4, -0.2) is 28.9 Å². The van der Waals surface area contributed by atoms with Crippen molar-refractivity contribution in [2.75, 3.05) is 11.9 Å². The van der Waals surface area contributed by atoms with Gasteiger partial charge in [0.1, 0.15) is 0 Å². The van der Waals surface area contributed by atoms with Crippen molar-refractivity contribution in [3.8, 4) is 0 Å². The predicted octanol–water partition coefficient (Wildman–Crippen LogP) is 4.06. The van der Waals surface area contributed by atoms with E-state index in [4.69, 9.17) is 0 Å². The summed E-state index contributed by atoms with van der Waals surface area (Å²) >= 11 is 3.66. The van der Waals surface area contributed by atoms with E-state index in [1.807, 2.05) is 0 Å². The molecule has 0 spiro atoms. The maximum absolute atomic E-state index is 3.66. The van der Waals surface area contributed by atoms with Crippen LogP contribution in [-0.2, 0) is 0 Å². The molecule has 1 rings (SSSR count). The Morgan fingerprint density at radius 1 is 1.33 bits per heavy atom. The minimum Gasteiger partial charge on any atom is -0.297 e. The van der Waals surface area contributed by atoms with Gasteiger partial charge in [0, 0.05) is 24.0 Å². The summed E-state index contributed by atoms with van der Waals surface area (Å²) in [7, 11) is 0. The van der Waals surface area contributed by atoms with Gasteiger partial charge in [0.2, 0.25) is 0 Å². The third-order valence-electron chi connectivity index (χ3n) is 3.81. The summed E-state index contributed by atoms with van der Waals surface area (Å²) in [4.78, 5) is 2.75. The molecule has 0 radical (unpaired) electrons. The third kappa shape index (κ3) is 3.74. The molecule has 0 aromatic rings. The molecule has 1 aliphatic heterocycles. The lowest BCUT2D eigenvalue weighted by atomic mass is 10.0. The summed E-state index contributed by atoms with van der Waals surface area (Å²) in [6.07, 6.45) is 6.82. The molecule has 1 saturated heterocycles. The highest BCUT2D eigenvalue weighted by Gasteiger charge is 2.30. The Morgan fingerprint density at radius 3 is 2.60 bits per heavy atom. The van der Waals surface area contributed by atoms with E-state index in [2.05, 4.69) is 41.6 Å². The molecule has 3 unspecified atom stereocenters. The van der Waals surface area contributed by atoms with Crippen LogP contribution in [0.1, 0.15) is 52.9 Å². The molecule has 0 aromatic carbocycles. The number of rotatable bonds is 6. The van der Waals surface area contributed by atoms with Gasteiger partial charge in [-0.2, -0.15) is 0 Å². The molecule has 0 amide bonds. The van der Waals surface area contributed by atoms with E-state index in [0.29, 0.717) is 0 Å². The molecule has 3 atom stereocenters. The van der Waals surface area contributed by atoms with Crippen molar-refractivity contribution in [1.82, 2.24) is 4.90 Å². The minimum absolute atomic E-state index is 0.813. The number of hydrogen-bond acceptors (Lipinski definition) is 1. The van der Waals surface area contributed by atoms with Crippen LogP contribution < -0.4 is 0 Å². The molecular formula is C13H26BrN. The third-order valence-corrected chi connectivity index (χ3v) is 4.72.